The van der Waals surface area contributed by atoms with Crippen LogP contribution in [0.3, 0.4) is 0 Å². The molecule has 2 unspecified atom stereocenters. The van der Waals surface area contributed by atoms with Crippen molar-refractivity contribution < 1.29 is 19.4 Å². The molecule has 126 valence electrons. The first kappa shape index (κ1) is 18.5. The molecule has 1 saturated carbocycles. The Bertz CT molecular complexity index is 401. The number of carbonyl (C=O) groups excluding carboxylic acids is 1. The van der Waals surface area contributed by atoms with Crippen molar-refractivity contribution in [3.8, 4) is 0 Å². The van der Waals surface area contributed by atoms with Gasteiger partial charge >= 0.3 is 12.1 Å². The number of carboxylic acid groups (broad SMARTS) is 1. The van der Waals surface area contributed by atoms with Crippen molar-refractivity contribution in [3.63, 3.8) is 0 Å². The predicted octanol–water partition coefficient (Wildman–Crippen LogP) is 2.30. The maximum Gasteiger partial charge on any atom is 0.407 e. The van der Waals surface area contributed by atoms with Gasteiger partial charge in [0, 0.05) is 19.1 Å². The fourth-order valence-electron chi connectivity index (χ4n) is 2.46. The second kappa shape index (κ2) is 8.78. The highest BCUT2D eigenvalue weighted by molar-refractivity contribution is 5.70. The van der Waals surface area contributed by atoms with Crippen molar-refractivity contribution in [2.24, 2.45) is 5.92 Å². The largest absolute Gasteiger partial charge is 0.481 e. The zero-order valence-corrected chi connectivity index (χ0v) is 13.7. The highest BCUT2D eigenvalue weighted by atomic mass is 16.6. The molecule has 0 aromatic carbocycles. The fourth-order valence-corrected chi connectivity index (χ4v) is 2.46. The molecule has 0 heterocycles. The van der Waals surface area contributed by atoms with Gasteiger partial charge in [-0.1, -0.05) is 18.6 Å². The van der Waals surface area contributed by atoms with Gasteiger partial charge in [0.1, 0.15) is 5.60 Å². The molecule has 1 rings (SSSR count). The molecule has 3 N–H and O–H groups in total. The molecule has 1 aliphatic rings. The molecule has 0 aromatic rings. The standard InChI is InChI=1S/C16H28N2O4/c1-16(2,3)22-15(21)18-10-5-4-9-17-13-8-6-7-12(11-13)14(19)20/h4-5,12-13,17H,6-11H2,1-3H3,(H,18,21)(H,19,20)/b5-4+. The molecule has 0 aliphatic heterocycles. The maximum atomic E-state index is 11.4. The topological polar surface area (TPSA) is 87.7 Å². The second-order valence-corrected chi connectivity index (χ2v) is 6.66. The third-order valence-corrected chi connectivity index (χ3v) is 3.48. The smallest absolute Gasteiger partial charge is 0.407 e. The summed E-state index contributed by atoms with van der Waals surface area (Å²) >= 11 is 0. The first-order valence-corrected chi connectivity index (χ1v) is 7.86. The van der Waals surface area contributed by atoms with Gasteiger partial charge in [0.25, 0.3) is 0 Å². The summed E-state index contributed by atoms with van der Waals surface area (Å²) in [4.78, 5) is 22.4. The van der Waals surface area contributed by atoms with Crippen LogP contribution in [0.5, 0.6) is 0 Å². The monoisotopic (exact) mass is 312 g/mol. The van der Waals surface area contributed by atoms with Gasteiger partial charge in [-0.25, -0.2) is 4.79 Å². The van der Waals surface area contributed by atoms with E-state index in [0.717, 1.165) is 19.3 Å². The van der Waals surface area contributed by atoms with Crippen LogP contribution in [-0.4, -0.2) is 41.9 Å². The van der Waals surface area contributed by atoms with E-state index >= 15 is 0 Å². The molecular formula is C16H28N2O4. The Balaban J connectivity index is 2.14. The van der Waals surface area contributed by atoms with E-state index in [1.165, 1.54) is 0 Å². The number of amides is 1. The van der Waals surface area contributed by atoms with Gasteiger partial charge in [-0.15, -0.1) is 0 Å². The molecule has 1 amide bonds. The molecular weight excluding hydrogens is 284 g/mol. The lowest BCUT2D eigenvalue weighted by molar-refractivity contribution is -0.143. The van der Waals surface area contributed by atoms with E-state index in [-0.39, 0.29) is 12.0 Å². The van der Waals surface area contributed by atoms with Crippen LogP contribution < -0.4 is 10.6 Å². The number of rotatable bonds is 6. The van der Waals surface area contributed by atoms with Gasteiger partial charge in [-0.3, -0.25) is 4.79 Å². The Labute approximate surface area is 132 Å². The SMILES string of the molecule is CC(C)(C)OC(=O)NC/C=C/CNC1CCCC(C(=O)O)C1. The summed E-state index contributed by atoms with van der Waals surface area (Å²) in [5.41, 5.74) is -0.489. The first-order valence-electron chi connectivity index (χ1n) is 7.86. The third kappa shape index (κ3) is 8.02. The average molecular weight is 312 g/mol. The predicted molar refractivity (Wildman–Crippen MR) is 84.8 cm³/mol. The molecule has 0 radical (unpaired) electrons. The van der Waals surface area contributed by atoms with Crippen LogP contribution in [0.2, 0.25) is 0 Å². The summed E-state index contributed by atoms with van der Waals surface area (Å²) in [6, 6.07) is 0.262. The average Bonchev–Trinajstić information content (AvgIpc) is 2.41. The summed E-state index contributed by atoms with van der Waals surface area (Å²) in [6.45, 7) is 6.55. The van der Waals surface area contributed by atoms with Crippen molar-refractivity contribution >= 4 is 12.1 Å². The van der Waals surface area contributed by atoms with Crippen LogP contribution in [0.25, 0.3) is 0 Å². The Morgan fingerprint density at radius 1 is 1.23 bits per heavy atom. The van der Waals surface area contributed by atoms with Crippen molar-refractivity contribution in [1.82, 2.24) is 10.6 Å². The fraction of sp³-hybridized carbons (Fsp3) is 0.750. The Morgan fingerprint density at radius 3 is 2.55 bits per heavy atom. The summed E-state index contributed by atoms with van der Waals surface area (Å²) in [5, 5.41) is 15.0. The number of nitrogens with one attached hydrogen (secondary N) is 2. The van der Waals surface area contributed by atoms with Gasteiger partial charge < -0.3 is 20.5 Å². The number of carboxylic acids is 1. The van der Waals surface area contributed by atoms with Crippen LogP contribution >= 0.6 is 0 Å². The van der Waals surface area contributed by atoms with E-state index in [9.17, 15) is 9.59 Å². The zero-order chi connectivity index (χ0) is 16.6. The van der Waals surface area contributed by atoms with Crippen molar-refractivity contribution in [1.29, 1.82) is 0 Å². The molecule has 6 nitrogen and oxygen atoms in total. The molecule has 22 heavy (non-hydrogen) atoms. The lowest BCUT2D eigenvalue weighted by atomic mass is 9.86. The Kier molecular flexibility index (Phi) is 7.38. The van der Waals surface area contributed by atoms with Crippen molar-refractivity contribution in [2.45, 2.75) is 58.1 Å². The maximum absolute atomic E-state index is 11.4. The molecule has 0 aromatic heterocycles. The van der Waals surface area contributed by atoms with E-state index in [0.29, 0.717) is 19.5 Å². The van der Waals surface area contributed by atoms with Crippen LogP contribution in [0, 0.1) is 5.92 Å². The summed E-state index contributed by atoms with van der Waals surface area (Å²) < 4.78 is 5.12. The van der Waals surface area contributed by atoms with Gasteiger partial charge in [0.15, 0.2) is 0 Å². The lowest BCUT2D eigenvalue weighted by Crippen LogP contribution is -2.36. The molecule has 0 saturated heterocycles. The molecule has 1 fully saturated rings. The van der Waals surface area contributed by atoms with Crippen LogP contribution in [0.15, 0.2) is 12.2 Å². The summed E-state index contributed by atoms with van der Waals surface area (Å²) in [5.74, 6) is -0.910. The van der Waals surface area contributed by atoms with E-state index in [1.807, 2.05) is 32.9 Å². The van der Waals surface area contributed by atoms with Gasteiger partial charge in [-0.2, -0.15) is 0 Å². The molecule has 2 atom stereocenters. The minimum atomic E-state index is -0.691. The van der Waals surface area contributed by atoms with Crippen molar-refractivity contribution in [2.75, 3.05) is 13.1 Å². The number of alkyl carbamates (subject to hydrolysis) is 1. The van der Waals surface area contributed by atoms with Crippen LogP contribution in [-0.2, 0) is 9.53 Å². The van der Waals surface area contributed by atoms with Gasteiger partial charge in [0.05, 0.1) is 5.92 Å². The number of ether oxygens (including phenoxy) is 1. The normalized spacial score (nSPS) is 22.5. The Morgan fingerprint density at radius 2 is 1.91 bits per heavy atom. The van der Waals surface area contributed by atoms with Crippen molar-refractivity contribution in [3.05, 3.63) is 12.2 Å². The molecule has 0 bridgehead atoms. The highest BCUT2D eigenvalue weighted by Gasteiger charge is 2.26. The number of hydrogen-bond donors (Lipinski definition) is 3. The first-order chi connectivity index (χ1) is 10.3. The van der Waals surface area contributed by atoms with E-state index in [2.05, 4.69) is 10.6 Å². The third-order valence-electron chi connectivity index (χ3n) is 3.48. The molecule has 1 aliphatic carbocycles. The van der Waals surface area contributed by atoms with E-state index in [1.54, 1.807) is 0 Å². The number of hydrogen-bond acceptors (Lipinski definition) is 4. The number of carbonyl (C=O) groups is 2. The van der Waals surface area contributed by atoms with Gasteiger partial charge in [0.2, 0.25) is 0 Å². The lowest BCUT2D eigenvalue weighted by Gasteiger charge is -2.27. The molecule has 6 heteroatoms. The Hall–Kier alpha value is -1.56. The summed E-state index contributed by atoms with van der Waals surface area (Å²) in [6.07, 6.45) is 6.81. The van der Waals surface area contributed by atoms with Gasteiger partial charge in [-0.05, 0) is 40.0 Å². The minimum Gasteiger partial charge on any atom is -0.481 e. The van der Waals surface area contributed by atoms with Crippen LogP contribution in [0.1, 0.15) is 46.5 Å². The summed E-state index contributed by atoms with van der Waals surface area (Å²) in [7, 11) is 0. The van der Waals surface area contributed by atoms with E-state index < -0.39 is 17.7 Å². The minimum absolute atomic E-state index is 0.218. The quantitative estimate of drug-likeness (QED) is 0.655. The second-order valence-electron chi connectivity index (χ2n) is 6.66. The highest BCUT2D eigenvalue weighted by Crippen LogP contribution is 2.24. The van der Waals surface area contributed by atoms with Crippen LogP contribution in [0.4, 0.5) is 4.79 Å². The number of aliphatic carboxylic acids is 1. The van der Waals surface area contributed by atoms with E-state index in [4.69, 9.17) is 9.84 Å². The molecule has 0 spiro atoms. The zero-order valence-electron chi connectivity index (χ0n) is 13.7.